The van der Waals surface area contributed by atoms with Crippen molar-refractivity contribution in [2.24, 2.45) is 11.3 Å². The Bertz CT molecular complexity index is 2480. The first kappa shape index (κ1) is 57.6. The summed E-state index contributed by atoms with van der Waals surface area (Å²) in [6.07, 6.45) is 5.25. The number of likely N-dealkylation sites (tertiary alicyclic amines) is 1. The molecule has 406 valence electrons. The van der Waals surface area contributed by atoms with Gasteiger partial charge in [-0.3, -0.25) is 38.9 Å². The maximum atomic E-state index is 14.5. The number of likely N-dealkylation sites (N-methyl/N-ethyl adjacent to an activating group) is 1. The third-order valence-corrected chi connectivity index (χ3v) is 14.5. The summed E-state index contributed by atoms with van der Waals surface area (Å²) < 4.78 is 61.4. The number of carbonyl (C=O) groups is 5. The predicted octanol–water partition coefficient (Wildman–Crippen LogP) is 5.98. The lowest BCUT2D eigenvalue weighted by Crippen LogP contribution is -2.61. The first-order valence-corrected chi connectivity index (χ1v) is 25.6. The van der Waals surface area contributed by atoms with Crippen molar-refractivity contribution in [1.29, 1.82) is 0 Å². The minimum atomic E-state index is -4.56. The fourth-order valence-electron chi connectivity index (χ4n) is 10.5. The molecule has 1 aromatic carbocycles. The molecule has 3 aromatic rings. The van der Waals surface area contributed by atoms with E-state index in [9.17, 15) is 37.1 Å². The molecule has 3 atom stereocenters. The van der Waals surface area contributed by atoms with Crippen LogP contribution >= 0.6 is 0 Å². The van der Waals surface area contributed by atoms with Crippen LogP contribution in [0.5, 0.6) is 0 Å². The number of hydrogen-bond donors (Lipinski definition) is 2. The second-order valence-electron chi connectivity index (χ2n) is 21.2. The van der Waals surface area contributed by atoms with Crippen LogP contribution in [-0.4, -0.2) is 176 Å². The molecule has 4 amide bonds. The highest BCUT2D eigenvalue weighted by molar-refractivity contribution is 5.95. The summed E-state index contributed by atoms with van der Waals surface area (Å²) in [7, 11) is 5.18. The largest absolute Gasteiger partial charge is 0.467 e. The van der Waals surface area contributed by atoms with Gasteiger partial charge in [-0.15, -0.1) is 0 Å². The highest BCUT2D eigenvalue weighted by Crippen LogP contribution is 2.43. The van der Waals surface area contributed by atoms with Gasteiger partial charge < -0.3 is 38.8 Å². The number of nitrogens with one attached hydrogen (secondary N) is 2. The van der Waals surface area contributed by atoms with Crippen LogP contribution in [0.4, 0.5) is 13.2 Å². The number of carbonyl (C=O) groups excluding carboxylic acids is 5. The Hall–Kier alpha value is -5.67. The Morgan fingerprint density at radius 2 is 1.81 bits per heavy atom. The van der Waals surface area contributed by atoms with Crippen molar-refractivity contribution in [3.63, 3.8) is 0 Å². The van der Waals surface area contributed by atoms with Gasteiger partial charge in [0.2, 0.25) is 18.2 Å². The Morgan fingerprint density at radius 1 is 1.07 bits per heavy atom. The van der Waals surface area contributed by atoms with Crippen molar-refractivity contribution in [3.8, 4) is 11.3 Å². The smallest absolute Gasteiger partial charge is 0.406 e. The number of halogens is 3. The minimum absolute atomic E-state index is 0.0224. The number of methoxy groups -OCH3 is 1. The molecular formula is C54H76F3N9O8. The molecule has 0 radical (unpaired) electrons. The average Bonchev–Trinajstić information content (AvgIpc) is 3.93. The zero-order valence-corrected chi connectivity index (χ0v) is 44.3. The highest BCUT2D eigenvalue weighted by Gasteiger charge is 2.43. The summed E-state index contributed by atoms with van der Waals surface area (Å²) in [4.78, 5) is 74.0. The molecule has 6 heterocycles. The number of pyridine rings is 1. The monoisotopic (exact) mass is 1040 g/mol. The van der Waals surface area contributed by atoms with Gasteiger partial charge in [-0.1, -0.05) is 46.4 Å². The predicted molar refractivity (Wildman–Crippen MR) is 276 cm³/mol. The Labute approximate surface area is 433 Å². The van der Waals surface area contributed by atoms with E-state index in [4.69, 9.17) is 14.2 Å². The highest BCUT2D eigenvalue weighted by atomic mass is 19.4. The molecule has 17 nitrogen and oxygen atoms in total. The van der Waals surface area contributed by atoms with Crippen LogP contribution in [0.2, 0.25) is 0 Å². The van der Waals surface area contributed by atoms with Gasteiger partial charge in [0.1, 0.15) is 25.4 Å². The quantitative estimate of drug-likeness (QED) is 0.107. The maximum absolute atomic E-state index is 14.5. The van der Waals surface area contributed by atoms with Gasteiger partial charge in [0, 0.05) is 88.0 Å². The zero-order valence-electron chi connectivity index (χ0n) is 44.3. The minimum Gasteiger partial charge on any atom is -0.467 e. The molecule has 0 aliphatic carbocycles. The number of alkyl halides is 3. The molecule has 0 saturated carbocycles. The van der Waals surface area contributed by atoms with E-state index < -0.39 is 42.2 Å². The van der Waals surface area contributed by atoms with Gasteiger partial charge in [-0.05, 0) is 105 Å². The molecular weight excluding hydrogens is 960 g/mol. The number of hydrogen-bond acceptors (Lipinski definition) is 12. The molecule has 74 heavy (non-hydrogen) atoms. The molecule has 2 aromatic heterocycles. The lowest BCUT2D eigenvalue weighted by atomic mass is 9.84. The van der Waals surface area contributed by atoms with Crippen LogP contribution in [0, 0.1) is 11.3 Å². The molecule has 0 bridgehead atoms. The number of aromatic nitrogens is 2. The molecule has 20 heteroatoms. The summed E-state index contributed by atoms with van der Waals surface area (Å²) in [5, 5.41) is 5.15. The van der Waals surface area contributed by atoms with Crippen LogP contribution in [-0.2, 0) is 51.1 Å². The molecule has 3 unspecified atom stereocenters. The van der Waals surface area contributed by atoms with E-state index in [-0.39, 0.29) is 42.9 Å². The van der Waals surface area contributed by atoms with Crippen LogP contribution in [0.1, 0.15) is 89.6 Å². The number of rotatable bonds is 19. The average molecular weight is 1040 g/mol. The van der Waals surface area contributed by atoms with Crippen molar-refractivity contribution in [2.75, 3.05) is 86.9 Å². The number of benzene rings is 1. The van der Waals surface area contributed by atoms with E-state index >= 15 is 0 Å². The van der Waals surface area contributed by atoms with Gasteiger partial charge in [0.05, 0.1) is 36.2 Å². The summed E-state index contributed by atoms with van der Waals surface area (Å²) >= 11 is 0. The second-order valence-corrected chi connectivity index (χ2v) is 21.2. The summed E-state index contributed by atoms with van der Waals surface area (Å²) in [6, 6.07) is 7.23. The van der Waals surface area contributed by atoms with Crippen LogP contribution < -0.4 is 10.7 Å². The van der Waals surface area contributed by atoms with E-state index in [1.165, 1.54) is 22.7 Å². The van der Waals surface area contributed by atoms with E-state index in [1.54, 1.807) is 48.3 Å². The van der Waals surface area contributed by atoms with E-state index in [0.29, 0.717) is 85.6 Å². The van der Waals surface area contributed by atoms with Gasteiger partial charge in [0.15, 0.2) is 0 Å². The third kappa shape index (κ3) is 14.4. The number of amides is 4. The molecule has 3 saturated heterocycles. The van der Waals surface area contributed by atoms with Crippen molar-refractivity contribution >= 4 is 47.1 Å². The van der Waals surface area contributed by atoms with E-state index in [1.807, 2.05) is 39.8 Å². The van der Waals surface area contributed by atoms with Crippen LogP contribution in [0.3, 0.4) is 0 Å². The third-order valence-electron chi connectivity index (χ3n) is 14.5. The summed E-state index contributed by atoms with van der Waals surface area (Å²) in [6.45, 7) is 17.5. The molecule has 4 aliphatic heterocycles. The molecule has 7 rings (SSSR count). The lowest BCUT2D eigenvalue weighted by molar-refractivity contribution is -0.142. The van der Waals surface area contributed by atoms with Crippen molar-refractivity contribution < 1.29 is 51.4 Å². The fourth-order valence-corrected chi connectivity index (χ4v) is 10.5. The van der Waals surface area contributed by atoms with Gasteiger partial charge in [-0.25, -0.2) is 5.43 Å². The lowest BCUT2D eigenvalue weighted by Gasteiger charge is -2.36. The zero-order chi connectivity index (χ0) is 54.0. The van der Waals surface area contributed by atoms with E-state index in [2.05, 4.69) is 45.2 Å². The number of hydrazine groups is 1. The number of nitrogens with zero attached hydrogens (tertiary/aromatic N) is 7. The van der Waals surface area contributed by atoms with Gasteiger partial charge >= 0.3 is 6.18 Å². The van der Waals surface area contributed by atoms with Gasteiger partial charge in [0.25, 0.3) is 12.4 Å². The van der Waals surface area contributed by atoms with Crippen LogP contribution in [0.25, 0.3) is 27.7 Å². The first-order valence-electron chi connectivity index (χ1n) is 25.6. The van der Waals surface area contributed by atoms with Gasteiger partial charge in [-0.2, -0.15) is 13.2 Å². The second kappa shape index (κ2) is 25.2. The number of fused-ring (bicyclic) bond motifs is 1. The SMILES string of the molecule is C=CC(=O)N1COC2(CCN(C)CC2)C1.COC(C)c1ncccc1-c1c(CC(C)(C)COC=O)c2cc(C3=CCCN(CC(NC(=O)C(C(C)C)N(C)C=O)C(=O)N4CCCCN4)C3)ccc2n1CC(F)(F)F. The number of ether oxygens (including phenoxy) is 3. The van der Waals surface area contributed by atoms with Crippen molar-refractivity contribution in [3.05, 3.63) is 72.1 Å². The van der Waals surface area contributed by atoms with Crippen molar-refractivity contribution in [2.45, 2.75) is 110 Å². The normalized spacial score (nSPS) is 18.8. The Kier molecular flexibility index (Phi) is 19.7. The maximum Gasteiger partial charge on any atom is 0.406 e. The number of piperidine rings is 1. The Balaban J connectivity index is 0.000000505. The Morgan fingerprint density at radius 3 is 2.45 bits per heavy atom. The molecule has 1 spiro atoms. The molecule has 2 N–H and O–H groups in total. The van der Waals surface area contributed by atoms with E-state index in [0.717, 1.165) is 56.5 Å². The summed E-state index contributed by atoms with van der Waals surface area (Å²) in [5.74, 6) is -0.922. The standard InChI is InChI=1S/C43H58F3N7O6.C11H18N2O2/c1-28(2)38(50(6)26-54)40(56)49-35(41(57)53-19-9-8-17-48-53)23-51-18-11-12-31(22-51)30-14-15-36-33(20-30)34(21-42(4,5)25-59-27-55)39(52(36)24-43(44,45)46)32-13-10-16-47-37(32)29(3)58-7;1-3-10(14)13-8-11(15-9-13)4-6-12(2)7-5-11/h10,12-16,20,26-29,35,38,48H,8-9,11,17-19,21-25H2,1-7H3,(H,49,56);3H,1,4-9H2,2H3. The topological polar surface area (TPSA) is 171 Å². The fraction of sp³-hybridized carbons (Fsp3) is 0.593. The van der Waals surface area contributed by atoms with Crippen molar-refractivity contribution in [1.82, 2.24) is 44.9 Å². The van der Waals surface area contributed by atoms with Crippen LogP contribution in [0.15, 0.2) is 55.3 Å². The molecule has 3 fully saturated rings. The molecule has 4 aliphatic rings. The summed E-state index contributed by atoms with van der Waals surface area (Å²) in [5.41, 5.74) is 6.53. The first-order chi connectivity index (χ1) is 35.1.